The molecule has 4 rings (SSSR count). The van der Waals surface area contributed by atoms with E-state index >= 15 is 0 Å². The lowest BCUT2D eigenvalue weighted by atomic mass is 10.00. The third-order valence-electron chi connectivity index (χ3n) is 4.99. The van der Waals surface area contributed by atoms with Crippen molar-refractivity contribution in [3.63, 3.8) is 0 Å². The van der Waals surface area contributed by atoms with E-state index < -0.39 is 0 Å². The molecular formula is C19H26N4O3. The van der Waals surface area contributed by atoms with Crippen LogP contribution in [0.25, 0.3) is 0 Å². The first-order chi connectivity index (χ1) is 12.7. The Morgan fingerprint density at radius 1 is 1.08 bits per heavy atom. The number of aromatic nitrogens is 2. The summed E-state index contributed by atoms with van der Waals surface area (Å²) in [5, 5.41) is 3.99. The molecule has 1 saturated heterocycles. The average molecular weight is 358 g/mol. The molecule has 1 fully saturated rings. The van der Waals surface area contributed by atoms with E-state index in [2.05, 4.69) is 39.0 Å². The lowest BCUT2D eigenvalue weighted by molar-refractivity contribution is 0.112. The Balaban J connectivity index is 1.22. The summed E-state index contributed by atoms with van der Waals surface area (Å²) in [7, 11) is 0. The zero-order valence-electron chi connectivity index (χ0n) is 15.5. The van der Waals surface area contributed by atoms with Crippen LogP contribution in [0.15, 0.2) is 22.7 Å². The molecule has 2 aliphatic rings. The van der Waals surface area contributed by atoms with E-state index in [4.69, 9.17) is 14.0 Å². The zero-order valence-corrected chi connectivity index (χ0v) is 15.5. The molecule has 0 bridgehead atoms. The first-order valence-corrected chi connectivity index (χ1v) is 9.28. The van der Waals surface area contributed by atoms with Gasteiger partial charge in [0.1, 0.15) is 0 Å². The number of fused-ring (bicyclic) bond motifs is 1. The Morgan fingerprint density at radius 3 is 2.62 bits per heavy atom. The Bertz CT molecular complexity index is 740. The van der Waals surface area contributed by atoms with Gasteiger partial charge in [-0.3, -0.25) is 4.90 Å². The van der Waals surface area contributed by atoms with Crippen molar-refractivity contribution in [1.29, 1.82) is 0 Å². The number of benzene rings is 1. The summed E-state index contributed by atoms with van der Waals surface area (Å²) in [4.78, 5) is 9.23. The summed E-state index contributed by atoms with van der Waals surface area (Å²) in [6.45, 7) is 10.6. The monoisotopic (exact) mass is 358 g/mol. The largest absolute Gasteiger partial charge is 0.454 e. The van der Waals surface area contributed by atoms with E-state index in [-0.39, 0.29) is 0 Å². The summed E-state index contributed by atoms with van der Waals surface area (Å²) in [5.74, 6) is 3.75. The normalized spacial score (nSPS) is 19.0. The fourth-order valence-corrected chi connectivity index (χ4v) is 3.71. The molecule has 0 spiro atoms. The van der Waals surface area contributed by atoms with Crippen molar-refractivity contribution in [2.75, 3.05) is 39.5 Å². The Labute approximate surface area is 153 Å². The number of rotatable bonds is 6. The van der Waals surface area contributed by atoms with Gasteiger partial charge in [0.05, 0.1) is 6.54 Å². The molecule has 0 saturated carbocycles. The van der Waals surface area contributed by atoms with Gasteiger partial charge >= 0.3 is 0 Å². The smallest absolute Gasteiger partial charge is 0.231 e. The van der Waals surface area contributed by atoms with E-state index in [1.165, 1.54) is 5.56 Å². The molecular weight excluding hydrogens is 332 g/mol. The molecule has 2 aliphatic heterocycles. The van der Waals surface area contributed by atoms with E-state index in [0.29, 0.717) is 18.6 Å². The first kappa shape index (κ1) is 17.3. The molecule has 0 N–H and O–H groups in total. The zero-order chi connectivity index (χ0) is 17.9. The van der Waals surface area contributed by atoms with Crippen molar-refractivity contribution in [3.05, 3.63) is 35.5 Å². The molecule has 1 aromatic heterocycles. The molecule has 1 atom stereocenters. The van der Waals surface area contributed by atoms with Crippen LogP contribution in [-0.4, -0.2) is 59.5 Å². The molecule has 7 heteroatoms. The second-order valence-electron chi connectivity index (χ2n) is 7.30. The van der Waals surface area contributed by atoms with Gasteiger partial charge in [0.2, 0.25) is 12.7 Å². The van der Waals surface area contributed by atoms with Crippen LogP contribution in [-0.2, 0) is 13.0 Å². The second-order valence-corrected chi connectivity index (χ2v) is 7.30. The molecule has 7 nitrogen and oxygen atoms in total. The van der Waals surface area contributed by atoms with Crippen molar-refractivity contribution < 1.29 is 14.0 Å². The molecule has 0 amide bonds. The van der Waals surface area contributed by atoms with Crippen LogP contribution in [0.1, 0.15) is 24.2 Å². The van der Waals surface area contributed by atoms with Crippen molar-refractivity contribution in [2.45, 2.75) is 26.8 Å². The van der Waals surface area contributed by atoms with Gasteiger partial charge in [0, 0.05) is 39.6 Å². The van der Waals surface area contributed by atoms with Gasteiger partial charge in [-0.05, 0) is 30.0 Å². The van der Waals surface area contributed by atoms with Crippen molar-refractivity contribution >= 4 is 0 Å². The fourth-order valence-electron chi connectivity index (χ4n) is 3.71. The maximum atomic E-state index is 5.48. The van der Waals surface area contributed by atoms with E-state index in [1.807, 2.05) is 13.0 Å². The highest BCUT2D eigenvalue weighted by Gasteiger charge is 2.21. The van der Waals surface area contributed by atoms with E-state index in [9.17, 15) is 0 Å². The van der Waals surface area contributed by atoms with Gasteiger partial charge in [-0.25, -0.2) is 0 Å². The van der Waals surface area contributed by atoms with Crippen molar-refractivity contribution in [2.24, 2.45) is 5.92 Å². The van der Waals surface area contributed by atoms with Crippen molar-refractivity contribution in [1.82, 2.24) is 19.9 Å². The van der Waals surface area contributed by atoms with Gasteiger partial charge in [0.25, 0.3) is 0 Å². The van der Waals surface area contributed by atoms with Crippen LogP contribution in [0, 0.1) is 12.8 Å². The molecule has 0 aliphatic carbocycles. The molecule has 3 heterocycles. The minimum Gasteiger partial charge on any atom is -0.454 e. The van der Waals surface area contributed by atoms with Gasteiger partial charge < -0.3 is 18.9 Å². The van der Waals surface area contributed by atoms with E-state index in [1.54, 1.807) is 0 Å². The number of hydrogen-bond acceptors (Lipinski definition) is 7. The standard InChI is InChI=1S/C19H26N4O3/c1-14(9-16-3-4-17-18(10-16)25-13-24-17)11-22-5-7-23(8-6-22)12-19-20-15(2)26-21-19/h3-4,10,14H,5-9,11-13H2,1-2H3. The van der Waals surface area contributed by atoms with Crippen LogP contribution in [0.3, 0.4) is 0 Å². The molecule has 0 radical (unpaired) electrons. The summed E-state index contributed by atoms with van der Waals surface area (Å²) >= 11 is 0. The lowest BCUT2D eigenvalue weighted by Gasteiger charge is -2.35. The quantitative estimate of drug-likeness (QED) is 0.783. The van der Waals surface area contributed by atoms with E-state index in [0.717, 1.165) is 63.0 Å². The van der Waals surface area contributed by atoms with Crippen LogP contribution >= 0.6 is 0 Å². The number of aryl methyl sites for hydroxylation is 1. The number of piperazine rings is 1. The predicted octanol–water partition coefficient (Wildman–Crippen LogP) is 2.10. The van der Waals surface area contributed by atoms with Crippen LogP contribution in [0.2, 0.25) is 0 Å². The molecule has 140 valence electrons. The summed E-state index contributed by atoms with van der Waals surface area (Å²) in [6, 6.07) is 6.28. The molecule has 26 heavy (non-hydrogen) atoms. The molecule has 1 aromatic carbocycles. The van der Waals surface area contributed by atoms with Crippen LogP contribution in [0.5, 0.6) is 11.5 Å². The van der Waals surface area contributed by atoms with Gasteiger partial charge in [-0.2, -0.15) is 4.98 Å². The lowest BCUT2D eigenvalue weighted by Crippen LogP contribution is -2.47. The topological polar surface area (TPSA) is 63.9 Å². The second kappa shape index (κ2) is 7.63. The number of ether oxygens (including phenoxy) is 2. The maximum Gasteiger partial charge on any atom is 0.231 e. The number of hydrogen-bond donors (Lipinski definition) is 0. The summed E-state index contributed by atoms with van der Waals surface area (Å²) < 4.78 is 15.9. The Kier molecular flexibility index (Phi) is 5.08. The van der Waals surface area contributed by atoms with Gasteiger partial charge in [0.15, 0.2) is 17.3 Å². The highest BCUT2D eigenvalue weighted by Crippen LogP contribution is 2.33. The SMILES string of the molecule is Cc1nc(CN2CCN(CC(C)Cc3ccc4c(c3)OCO4)CC2)no1. The van der Waals surface area contributed by atoms with Gasteiger partial charge in [-0.1, -0.05) is 18.1 Å². The van der Waals surface area contributed by atoms with Crippen LogP contribution < -0.4 is 9.47 Å². The minimum absolute atomic E-state index is 0.335. The summed E-state index contributed by atoms with van der Waals surface area (Å²) in [6.07, 6.45) is 1.05. The van der Waals surface area contributed by atoms with Crippen molar-refractivity contribution in [3.8, 4) is 11.5 Å². The third-order valence-corrected chi connectivity index (χ3v) is 4.99. The fraction of sp³-hybridized carbons (Fsp3) is 0.579. The Hall–Kier alpha value is -2.12. The predicted molar refractivity (Wildman–Crippen MR) is 96.2 cm³/mol. The molecule has 1 unspecified atom stereocenters. The number of nitrogens with zero attached hydrogens (tertiary/aromatic N) is 4. The third kappa shape index (κ3) is 4.16. The maximum absolute atomic E-state index is 5.48. The highest BCUT2D eigenvalue weighted by atomic mass is 16.7. The average Bonchev–Trinajstić information content (AvgIpc) is 3.25. The Morgan fingerprint density at radius 2 is 1.85 bits per heavy atom. The van der Waals surface area contributed by atoms with Crippen LogP contribution in [0.4, 0.5) is 0 Å². The minimum atomic E-state index is 0.335. The highest BCUT2D eigenvalue weighted by molar-refractivity contribution is 5.44. The first-order valence-electron chi connectivity index (χ1n) is 9.28. The summed E-state index contributed by atoms with van der Waals surface area (Å²) in [5.41, 5.74) is 1.31. The van der Waals surface area contributed by atoms with Gasteiger partial charge in [-0.15, -0.1) is 0 Å². The molecule has 2 aromatic rings.